The zero-order valence-corrected chi connectivity index (χ0v) is 13.9. The molecule has 1 aliphatic rings. The number of anilines is 1. The van der Waals surface area contributed by atoms with E-state index < -0.39 is 0 Å². The van der Waals surface area contributed by atoms with Gasteiger partial charge in [0.2, 0.25) is 0 Å². The van der Waals surface area contributed by atoms with Crippen molar-refractivity contribution in [2.45, 2.75) is 19.3 Å². The smallest absolute Gasteiger partial charge is 0.119 e. The van der Waals surface area contributed by atoms with Gasteiger partial charge < -0.3 is 4.74 Å². The SMILES string of the molecule is COc1ccc(N(C)N=CC2=Nc3ccccc3C2(C)C)cc1. The number of aliphatic imine (C=N–C) groups is 1. The highest BCUT2D eigenvalue weighted by Gasteiger charge is 2.33. The predicted molar refractivity (Wildman–Crippen MR) is 96.5 cm³/mol. The van der Waals surface area contributed by atoms with Crippen molar-refractivity contribution in [2.24, 2.45) is 10.1 Å². The number of fused-ring (bicyclic) bond motifs is 1. The van der Waals surface area contributed by atoms with Crippen LogP contribution in [-0.4, -0.2) is 26.1 Å². The topological polar surface area (TPSA) is 37.2 Å². The molecule has 0 atom stereocenters. The van der Waals surface area contributed by atoms with Crippen molar-refractivity contribution in [2.75, 3.05) is 19.2 Å². The molecule has 3 rings (SSSR count). The Morgan fingerprint density at radius 2 is 1.78 bits per heavy atom. The molecule has 0 aromatic heterocycles. The van der Waals surface area contributed by atoms with Gasteiger partial charge in [-0.25, -0.2) is 0 Å². The quantitative estimate of drug-likeness (QED) is 0.627. The zero-order chi connectivity index (χ0) is 16.4. The Kier molecular flexibility index (Phi) is 3.90. The largest absolute Gasteiger partial charge is 0.497 e. The third kappa shape index (κ3) is 2.84. The zero-order valence-electron chi connectivity index (χ0n) is 13.9. The number of methoxy groups -OCH3 is 1. The Morgan fingerprint density at radius 3 is 2.43 bits per heavy atom. The van der Waals surface area contributed by atoms with Gasteiger partial charge in [-0.05, 0) is 35.9 Å². The fourth-order valence-electron chi connectivity index (χ4n) is 2.70. The molecule has 0 amide bonds. The number of benzene rings is 2. The molecule has 0 aliphatic carbocycles. The second kappa shape index (κ2) is 5.88. The van der Waals surface area contributed by atoms with E-state index in [1.165, 1.54) is 5.56 Å². The summed E-state index contributed by atoms with van der Waals surface area (Å²) in [5.74, 6) is 0.836. The number of nitrogens with zero attached hydrogens (tertiary/aromatic N) is 3. The maximum atomic E-state index is 5.18. The van der Waals surface area contributed by atoms with E-state index >= 15 is 0 Å². The van der Waals surface area contributed by atoms with Crippen LogP contribution in [0, 0.1) is 0 Å². The van der Waals surface area contributed by atoms with Crippen LogP contribution >= 0.6 is 0 Å². The van der Waals surface area contributed by atoms with Crippen LogP contribution in [0.2, 0.25) is 0 Å². The van der Waals surface area contributed by atoms with E-state index in [0.717, 1.165) is 22.8 Å². The van der Waals surface area contributed by atoms with E-state index in [2.05, 4.69) is 31.1 Å². The van der Waals surface area contributed by atoms with Gasteiger partial charge in [0.05, 0.1) is 30.4 Å². The van der Waals surface area contributed by atoms with Crippen molar-refractivity contribution >= 4 is 23.3 Å². The Hall–Kier alpha value is -2.62. The number of ether oxygens (including phenoxy) is 1. The molecule has 4 heteroatoms. The highest BCUT2D eigenvalue weighted by Crippen LogP contribution is 2.39. The third-order valence-electron chi connectivity index (χ3n) is 4.26. The number of hydrogen-bond donors (Lipinski definition) is 0. The van der Waals surface area contributed by atoms with Crippen LogP contribution in [0.4, 0.5) is 11.4 Å². The highest BCUT2D eigenvalue weighted by atomic mass is 16.5. The fraction of sp³-hybridized carbons (Fsp3) is 0.263. The number of rotatable bonds is 4. The van der Waals surface area contributed by atoms with Crippen LogP contribution in [0.1, 0.15) is 19.4 Å². The van der Waals surface area contributed by atoms with Crippen molar-refractivity contribution in [1.82, 2.24) is 0 Å². The van der Waals surface area contributed by atoms with Crippen LogP contribution < -0.4 is 9.75 Å². The minimum Gasteiger partial charge on any atom is -0.497 e. The molecule has 1 aliphatic heterocycles. The van der Waals surface area contributed by atoms with Gasteiger partial charge in [-0.2, -0.15) is 5.10 Å². The summed E-state index contributed by atoms with van der Waals surface area (Å²) in [6.45, 7) is 4.36. The third-order valence-corrected chi connectivity index (χ3v) is 4.26. The van der Waals surface area contributed by atoms with E-state index in [4.69, 9.17) is 9.73 Å². The number of hydrazone groups is 1. The second-order valence-electron chi connectivity index (χ2n) is 6.11. The van der Waals surface area contributed by atoms with Gasteiger partial charge in [-0.3, -0.25) is 10.0 Å². The maximum absolute atomic E-state index is 5.18. The lowest BCUT2D eigenvalue weighted by atomic mass is 9.82. The first-order chi connectivity index (χ1) is 11.0. The van der Waals surface area contributed by atoms with Crippen LogP contribution in [0.5, 0.6) is 5.75 Å². The summed E-state index contributed by atoms with van der Waals surface area (Å²) in [7, 11) is 3.59. The van der Waals surface area contributed by atoms with Crippen molar-refractivity contribution in [3.05, 3.63) is 54.1 Å². The minimum absolute atomic E-state index is 0.124. The lowest BCUT2D eigenvalue weighted by Gasteiger charge is -2.20. The van der Waals surface area contributed by atoms with Crippen LogP contribution in [-0.2, 0) is 5.41 Å². The molecule has 2 aromatic rings. The molecule has 0 radical (unpaired) electrons. The lowest BCUT2D eigenvalue weighted by Crippen LogP contribution is -2.27. The van der Waals surface area contributed by atoms with Gasteiger partial charge in [0, 0.05) is 12.5 Å². The van der Waals surface area contributed by atoms with Crippen molar-refractivity contribution in [3.63, 3.8) is 0 Å². The molecular formula is C19H21N3O. The van der Waals surface area contributed by atoms with E-state index in [1.807, 2.05) is 54.7 Å². The Balaban J connectivity index is 1.80. The van der Waals surface area contributed by atoms with Gasteiger partial charge in [0.15, 0.2) is 0 Å². The highest BCUT2D eigenvalue weighted by molar-refractivity contribution is 6.36. The van der Waals surface area contributed by atoms with E-state index in [0.29, 0.717) is 0 Å². The van der Waals surface area contributed by atoms with Crippen molar-refractivity contribution in [1.29, 1.82) is 0 Å². The first kappa shape index (κ1) is 15.3. The average molecular weight is 307 g/mol. The van der Waals surface area contributed by atoms with Crippen LogP contribution in [0.15, 0.2) is 58.6 Å². The molecule has 4 nitrogen and oxygen atoms in total. The molecule has 0 bridgehead atoms. The molecule has 2 aromatic carbocycles. The van der Waals surface area contributed by atoms with Crippen LogP contribution in [0.3, 0.4) is 0 Å². The molecule has 0 unspecified atom stereocenters. The molecule has 0 saturated carbocycles. The molecule has 0 N–H and O–H groups in total. The van der Waals surface area contributed by atoms with Crippen molar-refractivity contribution in [3.8, 4) is 5.75 Å². The van der Waals surface area contributed by atoms with Gasteiger partial charge in [-0.15, -0.1) is 0 Å². The normalized spacial score (nSPS) is 15.4. The first-order valence-corrected chi connectivity index (χ1v) is 7.63. The number of para-hydroxylation sites is 1. The van der Waals surface area contributed by atoms with Crippen molar-refractivity contribution < 1.29 is 4.74 Å². The molecule has 0 saturated heterocycles. The second-order valence-corrected chi connectivity index (χ2v) is 6.11. The summed E-state index contributed by atoms with van der Waals surface area (Å²) in [5, 5.41) is 6.38. The average Bonchev–Trinajstić information content (AvgIpc) is 2.83. The summed E-state index contributed by atoms with van der Waals surface area (Å²) in [5.41, 5.74) is 4.12. The predicted octanol–water partition coefficient (Wildman–Crippen LogP) is 4.18. The van der Waals surface area contributed by atoms with E-state index in [9.17, 15) is 0 Å². The monoisotopic (exact) mass is 307 g/mol. The summed E-state index contributed by atoms with van der Waals surface area (Å²) < 4.78 is 5.18. The summed E-state index contributed by atoms with van der Waals surface area (Å²) in [4.78, 5) is 4.72. The Morgan fingerprint density at radius 1 is 1.09 bits per heavy atom. The Labute approximate surface area is 137 Å². The summed E-state index contributed by atoms with van der Waals surface area (Å²) in [6, 6.07) is 16.1. The maximum Gasteiger partial charge on any atom is 0.119 e. The molecule has 23 heavy (non-hydrogen) atoms. The van der Waals surface area contributed by atoms with E-state index in [1.54, 1.807) is 7.11 Å². The molecule has 0 fully saturated rings. The van der Waals surface area contributed by atoms with Gasteiger partial charge in [0.25, 0.3) is 0 Å². The first-order valence-electron chi connectivity index (χ1n) is 7.63. The summed E-state index contributed by atoms with van der Waals surface area (Å²) >= 11 is 0. The minimum atomic E-state index is -0.124. The van der Waals surface area contributed by atoms with Gasteiger partial charge in [-0.1, -0.05) is 32.0 Å². The fourth-order valence-corrected chi connectivity index (χ4v) is 2.70. The standard InChI is InChI=1S/C19H21N3O/c1-19(2)16-7-5-6-8-17(16)21-18(19)13-20-22(3)14-9-11-15(23-4)12-10-14/h5-13H,1-4H3. The molecule has 0 spiro atoms. The Bertz CT molecular complexity index is 760. The van der Waals surface area contributed by atoms with E-state index in [-0.39, 0.29) is 5.41 Å². The lowest BCUT2D eigenvalue weighted by molar-refractivity contribution is 0.415. The summed E-state index contributed by atoms with van der Waals surface area (Å²) in [6.07, 6.45) is 1.85. The number of hydrogen-bond acceptors (Lipinski definition) is 4. The van der Waals surface area contributed by atoms with Gasteiger partial charge in [0.1, 0.15) is 5.75 Å². The van der Waals surface area contributed by atoms with Gasteiger partial charge >= 0.3 is 0 Å². The molecule has 118 valence electrons. The molecular weight excluding hydrogens is 286 g/mol. The van der Waals surface area contributed by atoms with Crippen LogP contribution in [0.25, 0.3) is 0 Å². The molecule has 1 heterocycles.